The van der Waals surface area contributed by atoms with Gasteiger partial charge in [0.15, 0.2) is 0 Å². The van der Waals surface area contributed by atoms with E-state index in [1.165, 1.54) is 6.07 Å². The van der Waals surface area contributed by atoms with E-state index in [1.807, 2.05) is 0 Å². The molecule has 96 valence electrons. The Hall–Kier alpha value is -2.24. The number of hydrogen-bond acceptors (Lipinski definition) is 4. The highest BCUT2D eigenvalue weighted by molar-refractivity contribution is 5.99. The summed E-state index contributed by atoms with van der Waals surface area (Å²) in [5.74, 6) is -1.19. The number of carbonyl (C=O) groups excluding carboxylic acids is 1. The lowest BCUT2D eigenvalue weighted by Gasteiger charge is -2.25. The number of nitrogen functional groups attached to an aromatic ring is 1. The first kappa shape index (κ1) is 12.2. The van der Waals surface area contributed by atoms with Gasteiger partial charge in [-0.1, -0.05) is 6.07 Å². The zero-order valence-corrected chi connectivity index (χ0v) is 9.77. The fourth-order valence-corrected chi connectivity index (χ4v) is 1.99. The molecule has 1 saturated heterocycles. The van der Waals surface area contributed by atoms with Gasteiger partial charge in [-0.3, -0.25) is 4.79 Å². The summed E-state index contributed by atoms with van der Waals surface area (Å²) in [6.07, 6.45) is 1.53. The molecule has 0 radical (unpaired) electrons. The third-order valence-corrected chi connectivity index (χ3v) is 2.93. The molecule has 0 bridgehead atoms. The van der Waals surface area contributed by atoms with E-state index in [0.29, 0.717) is 24.3 Å². The van der Waals surface area contributed by atoms with Crippen molar-refractivity contribution in [3.05, 3.63) is 23.8 Å². The normalized spacial score (nSPS) is 19.1. The number of hydrogen-bond donors (Lipinski definition) is 4. The van der Waals surface area contributed by atoms with Crippen molar-refractivity contribution in [1.29, 1.82) is 0 Å². The fraction of sp³-hybridized carbons (Fsp3) is 0.333. The minimum atomic E-state index is -1.07. The predicted octanol–water partition coefficient (Wildman–Crippen LogP) is 0.657. The maximum atomic E-state index is 11.6. The number of rotatable bonds is 3. The lowest BCUT2D eigenvalue weighted by atomic mass is 10.0. The molecule has 5 N–H and O–H groups in total. The summed E-state index contributed by atoms with van der Waals surface area (Å²) in [6, 6.07) is 4.21. The van der Waals surface area contributed by atoms with Crippen molar-refractivity contribution in [1.82, 2.24) is 5.32 Å². The molecule has 1 aromatic carbocycles. The zero-order chi connectivity index (χ0) is 13.1. The van der Waals surface area contributed by atoms with Gasteiger partial charge in [0.2, 0.25) is 5.91 Å². The highest BCUT2D eigenvalue weighted by Gasteiger charge is 2.24. The third-order valence-electron chi connectivity index (χ3n) is 2.93. The Morgan fingerprint density at radius 2 is 2.28 bits per heavy atom. The van der Waals surface area contributed by atoms with Crippen LogP contribution in [0.15, 0.2) is 18.2 Å². The minimum absolute atomic E-state index is 0.0772. The van der Waals surface area contributed by atoms with Gasteiger partial charge in [-0.05, 0) is 25.0 Å². The molecule has 6 heteroatoms. The van der Waals surface area contributed by atoms with Crippen LogP contribution >= 0.6 is 0 Å². The van der Waals surface area contributed by atoms with Crippen molar-refractivity contribution in [3.63, 3.8) is 0 Å². The summed E-state index contributed by atoms with van der Waals surface area (Å²) in [7, 11) is 0. The Morgan fingerprint density at radius 1 is 1.50 bits per heavy atom. The summed E-state index contributed by atoms with van der Waals surface area (Å²) < 4.78 is 0. The van der Waals surface area contributed by atoms with E-state index in [4.69, 9.17) is 10.8 Å². The number of aromatic carboxylic acids is 1. The second-order valence-electron chi connectivity index (χ2n) is 4.21. The Labute approximate surface area is 104 Å². The van der Waals surface area contributed by atoms with Gasteiger partial charge in [-0.2, -0.15) is 0 Å². The second-order valence-corrected chi connectivity index (χ2v) is 4.21. The summed E-state index contributed by atoms with van der Waals surface area (Å²) in [6.45, 7) is 0.660. The SMILES string of the molecule is Nc1cccc(C(=O)O)c1NC1CCCNC1=O. The van der Waals surface area contributed by atoms with Gasteiger partial charge >= 0.3 is 5.97 Å². The first-order valence-corrected chi connectivity index (χ1v) is 5.75. The molecule has 1 fully saturated rings. The van der Waals surface area contributed by atoms with Crippen molar-refractivity contribution >= 4 is 23.3 Å². The Morgan fingerprint density at radius 3 is 2.94 bits per heavy atom. The van der Waals surface area contributed by atoms with Gasteiger partial charge in [-0.15, -0.1) is 0 Å². The van der Waals surface area contributed by atoms with Gasteiger partial charge in [0.25, 0.3) is 0 Å². The molecule has 18 heavy (non-hydrogen) atoms. The van der Waals surface area contributed by atoms with E-state index in [0.717, 1.165) is 6.42 Å². The van der Waals surface area contributed by atoms with Crippen molar-refractivity contribution < 1.29 is 14.7 Å². The molecule has 1 amide bonds. The molecule has 1 heterocycles. The lowest BCUT2D eigenvalue weighted by Crippen LogP contribution is -2.44. The van der Waals surface area contributed by atoms with Crippen LogP contribution in [0.2, 0.25) is 0 Å². The van der Waals surface area contributed by atoms with E-state index in [2.05, 4.69) is 10.6 Å². The van der Waals surface area contributed by atoms with Crippen LogP contribution in [-0.4, -0.2) is 29.6 Å². The maximum Gasteiger partial charge on any atom is 0.337 e. The molecular weight excluding hydrogens is 234 g/mol. The average Bonchev–Trinajstić information content (AvgIpc) is 2.34. The van der Waals surface area contributed by atoms with E-state index < -0.39 is 12.0 Å². The van der Waals surface area contributed by atoms with Crippen molar-refractivity contribution in [2.45, 2.75) is 18.9 Å². The number of amides is 1. The van der Waals surface area contributed by atoms with Crippen LogP contribution in [0.25, 0.3) is 0 Å². The van der Waals surface area contributed by atoms with Crippen LogP contribution in [0, 0.1) is 0 Å². The fourth-order valence-electron chi connectivity index (χ4n) is 1.99. The van der Waals surface area contributed by atoms with Gasteiger partial charge in [0.1, 0.15) is 6.04 Å². The van der Waals surface area contributed by atoms with Crippen molar-refractivity contribution in [2.24, 2.45) is 0 Å². The highest BCUT2D eigenvalue weighted by atomic mass is 16.4. The molecule has 1 aliphatic heterocycles. The van der Waals surface area contributed by atoms with Crippen molar-refractivity contribution in [3.8, 4) is 0 Å². The summed E-state index contributed by atoms with van der Waals surface area (Å²) in [5, 5.41) is 14.8. The van der Waals surface area contributed by atoms with Gasteiger partial charge in [-0.25, -0.2) is 4.79 Å². The van der Waals surface area contributed by atoms with Crippen LogP contribution < -0.4 is 16.4 Å². The molecule has 6 nitrogen and oxygen atoms in total. The maximum absolute atomic E-state index is 11.6. The number of nitrogens with two attached hydrogens (primary N) is 1. The van der Waals surface area contributed by atoms with Gasteiger partial charge in [0, 0.05) is 6.54 Å². The number of nitrogens with one attached hydrogen (secondary N) is 2. The Kier molecular flexibility index (Phi) is 3.36. The number of carboxylic acid groups (broad SMARTS) is 1. The molecule has 0 saturated carbocycles. The first-order chi connectivity index (χ1) is 8.59. The van der Waals surface area contributed by atoms with Crippen molar-refractivity contribution in [2.75, 3.05) is 17.6 Å². The standard InChI is InChI=1S/C12H15N3O3/c13-8-4-1-3-7(12(17)18)10(8)15-9-5-2-6-14-11(9)16/h1,3-4,9,15H,2,5-6,13H2,(H,14,16)(H,17,18). The Bertz CT molecular complexity index is 487. The van der Waals surface area contributed by atoms with Gasteiger partial charge in [0.05, 0.1) is 16.9 Å². The van der Waals surface area contributed by atoms with Crippen LogP contribution in [0.3, 0.4) is 0 Å². The smallest absolute Gasteiger partial charge is 0.337 e. The van der Waals surface area contributed by atoms with E-state index in [1.54, 1.807) is 12.1 Å². The highest BCUT2D eigenvalue weighted by Crippen LogP contribution is 2.25. The first-order valence-electron chi connectivity index (χ1n) is 5.75. The molecule has 0 spiro atoms. The molecule has 1 atom stereocenters. The lowest BCUT2D eigenvalue weighted by molar-refractivity contribution is -0.123. The number of piperidine rings is 1. The summed E-state index contributed by atoms with van der Waals surface area (Å²) >= 11 is 0. The third kappa shape index (κ3) is 2.37. The van der Waals surface area contributed by atoms with Crippen LogP contribution in [0.4, 0.5) is 11.4 Å². The quantitative estimate of drug-likeness (QED) is 0.589. The van der Waals surface area contributed by atoms with Crippen LogP contribution in [-0.2, 0) is 4.79 Å². The topological polar surface area (TPSA) is 104 Å². The second kappa shape index (κ2) is 4.95. The summed E-state index contributed by atoms with van der Waals surface area (Å²) in [4.78, 5) is 22.7. The van der Waals surface area contributed by atoms with E-state index >= 15 is 0 Å². The molecule has 0 aromatic heterocycles. The van der Waals surface area contributed by atoms with E-state index in [-0.39, 0.29) is 11.5 Å². The molecule has 1 aliphatic rings. The summed E-state index contributed by atoms with van der Waals surface area (Å²) in [5.41, 5.74) is 6.48. The molecule has 1 unspecified atom stereocenters. The zero-order valence-electron chi connectivity index (χ0n) is 9.77. The van der Waals surface area contributed by atoms with Crippen LogP contribution in [0.1, 0.15) is 23.2 Å². The van der Waals surface area contributed by atoms with Gasteiger partial charge < -0.3 is 21.5 Å². The van der Waals surface area contributed by atoms with E-state index in [9.17, 15) is 9.59 Å². The molecular formula is C12H15N3O3. The number of carboxylic acids is 1. The largest absolute Gasteiger partial charge is 0.478 e. The minimum Gasteiger partial charge on any atom is -0.478 e. The molecule has 2 rings (SSSR count). The average molecular weight is 249 g/mol. The molecule has 1 aromatic rings. The Balaban J connectivity index is 2.27. The molecule has 0 aliphatic carbocycles. The van der Waals surface area contributed by atoms with Crippen LogP contribution in [0.5, 0.6) is 0 Å². The monoisotopic (exact) mass is 249 g/mol. The number of carbonyl (C=O) groups is 2. The predicted molar refractivity (Wildman–Crippen MR) is 67.5 cm³/mol. The number of para-hydroxylation sites is 1. The number of benzene rings is 1. The number of anilines is 2.